The maximum absolute atomic E-state index is 13.0. The van der Waals surface area contributed by atoms with Crippen molar-refractivity contribution in [1.29, 1.82) is 0 Å². The van der Waals surface area contributed by atoms with Crippen molar-refractivity contribution < 1.29 is 14.3 Å². The second kappa shape index (κ2) is 9.00. The van der Waals surface area contributed by atoms with E-state index in [9.17, 15) is 4.79 Å². The summed E-state index contributed by atoms with van der Waals surface area (Å²) in [5.74, 6) is 3.91. The van der Waals surface area contributed by atoms with E-state index in [1.807, 2.05) is 34.6 Å². The Morgan fingerprint density at radius 1 is 1.19 bits per heavy atom. The SMILES string of the molecule is CC[Si](C#C[C@@H]1OC(C)(C)N(C(=O)OC(C)(C)C)[C@H]1CC(C)C)(CC)CC. The predicted molar refractivity (Wildman–Crippen MR) is 115 cm³/mol. The molecule has 1 amide bonds. The van der Waals surface area contributed by atoms with Gasteiger partial charge in [0.25, 0.3) is 0 Å². The van der Waals surface area contributed by atoms with Crippen LogP contribution in [0.3, 0.4) is 0 Å². The summed E-state index contributed by atoms with van der Waals surface area (Å²) in [5, 5.41) is 0. The number of carbonyl (C=O) groups excluding carboxylic acids is 1. The van der Waals surface area contributed by atoms with Gasteiger partial charge in [-0.2, -0.15) is 0 Å². The Bertz CT molecular complexity index is 556. The Labute approximate surface area is 168 Å². The van der Waals surface area contributed by atoms with E-state index in [0.29, 0.717) is 5.92 Å². The summed E-state index contributed by atoms with van der Waals surface area (Å²) in [7, 11) is -1.56. The fourth-order valence-corrected chi connectivity index (χ4v) is 6.20. The summed E-state index contributed by atoms with van der Waals surface area (Å²) < 4.78 is 12.0. The summed E-state index contributed by atoms with van der Waals surface area (Å²) in [5.41, 5.74) is 2.40. The molecule has 156 valence electrons. The van der Waals surface area contributed by atoms with Crippen molar-refractivity contribution in [2.45, 2.75) is 117 Å². The van der Waals surface area contributed by atoms with Gasteiger partial charge >= 0.3 is 6.09 Å². The second-order valence-electron chi connectivity index (χ2n) is 9.64. The first-order valence-corrected chi connectivity index (χ1v) is 13.2. The standard InChI is InChI=1S/C22H41NO3Si/c1-11-27(12-2,13-3)15-14-19-18(16-17(4)5)23(22(9,10)25-19)20(24)26-21(6,7)8/h17-19H,11-13,16H2,1-10H3/t18-,19-/m0/s1. The molecular weight excluding hydrogens is 354 g/mol. The summed E-state index contributed by atoms with van der Waals surface area (Å²) in [6.45, 7) is 20.7. The molecule has 1 saturated heterocycles. The van der Waals surface area contributed by atoms with Crippen LogP contribution < -0.4 is 0 Å². The first-order chi connectivity index (χ1) is 12.3. The number of rotatable bonds is 5. The lowest BCUT2D eigenvalue weighted by Crippen LogP contribution is -2.50. The van der Waals surface area contributed by atoms with Crippen LogP contribution >= 0.6 is 0 Å². The van der Waals surface area contributed by atoms with Crippen LogP contribution in [0, 0.1) is 17.4 Å². The van der Waals surface area contributed by atoms with Crippen LogP contribution in [0.25, 0.3) is 0 Å². The van der Waals surface area contributed by atoms with Gasteiger partial charge < -0.3 is 9.47 Å². The number of ether oxygens (including phenoxy) is 2. The summed E-state index contributed by atoms with van der Waals surface area (Å²) >= 11 is 0. The maximum atomic E-state index is 13.0. The van der Waals surface area contributed by atoms with E-state index < -0.39 is 19.4 Å². The van der Waals surface area contributed by atoms with E-state index in [4.69, 9.17) is 9.47 Å². The van der Waals surface area contributed by atoms with E-state index in [0.717, 1.165) is 24.6 Å². The van der Waals surface area contributed by atoms with Crippen LogP contribution in [0.4, 0.5) is 4.79 Å². The van der Waals surface area contributed by atoms with E-state index in [-0.39, 0.29) is 18.2 Å². The lowest BCUT2D eigenvalue weighted by molar-refractivity contribution is -0.0706. The van der Waals surface area contributed by atoms with Crippen molar-refractivity contribution in [1.82, 2.24) is 4.90 Å². The minimum atomic E-state index is -1.56. The summed E-state index contributed by atoms with van der Waals surface area (Å²) in [6.07, 6.45) is 0.278. The first-order valence-electron chi connectivity index (χ1n) is 10.5. The first kappa shape index (κ1) is 24.0. The highest BCUT2D eigenvalue weighted by molar-refractivity contribution is 6.87. The summed E-state index contributed by atoms with van der Waals surface area (Å²) in [6, 6.07) is 3.40. The second-order valence-corrected chi connectivity index (χ2v) is 14.6. The minimum Gasteiger partial charge on any atom is -0.444 e. The smallest absolute Gasteiger partial charge is 0.412 e. The Morgan fingerprint density at radius 3 is 2.11 bits per heavy atom. The molecule has 0 aromatic rings. The van der Waals surface area contributed by atoms with Gasteiger partial charge in [-0.15, -0.1) is 5.54 Å². The molecule has 0 radical (unpaired) electrons. The normalized spacial score (nSPS) is 22.6. The molecule has 0 N–H and O–H groups in total. The van der Waals surface area contributed by atoms with Gasteiger partial charge in [-0.25, -0.2) is 4.79 Å². The van der Waals surface area contributed by atoms with Crippen molar-refractivity contribution in [3.8, 4) is 11.5 Å². The van der Waals surface area contributed by atoms with Gasteiger partial charge in [0.2, 0.25) is 0 Å². The number of hydrogen-bond acceptors (Lipinski definition) is 3. The molecular formula is C22H41NO3Si. The molecule has 1 fully saturated rings. The topological polar surface area (TPSA) is 38.8 Å². The largest absolute Gasteiger partial charge is 0.444 e. The molecule has 0 aromatic heterocycles. The fraction of sp³-hybridized carbons (Fsp3) is 0.864. The zero-order valence-corrected chi connectivity index (χ0v) is 20.2. The molecule has 1 aliphatic rings. The highest BCUT2D eigenvalue weighted by atomic mass is 28.3. The molecule has 2 atom stereocenters. The van der Waals surface area contributed by atoms with Gasteiger partial charge in [0.15, 0.2) is 0 Å². The Kier molecular flexibility index (Phi) is 8.02. The molecule has 0 aliphatic carbocycles. The Morgan fingerprint density at radius 2 is 1.70 bits per heavy atom. The predicted octanol–water partition coefficient (Wildman–Crippen LogP) is 5.82. The lowest BCUT2D eigenvalue weighted by atomic mass is 9.98. The quantitative estimate of drug-likeness (QED) is 0.434. The van der Waals surface area contributed by atoms with Crippen LogP contribution in [0.5, 0.6) is 0 Å². The van der Waals surface area contributed by atoms with Gasteiger partial charge in [-0.1, -0.05) is 40.5 Å². The molecule has 0 aromatic carbocycles. The zero-order chi connectivity index (χ0) is 21.0. The zero-order valence-electron chi connectivity index (χ0n) is 19.2. The van der Waals surface area contributed by atoms with E-state index >= 15 is 0 Å². The monoisotopic (exact) mass is 395 g/mol. The molecule has 1 aliphatic heterocycles. The molecule has 27 heavy (non-hydrogen) atoms. The highest BCUT2D eigenvalue weighted by Gasteiger charge is 2.50. The van der Waals surface area contributed by atoms with Gasteiger partial charge in [-0.05, 0) is 65.1 Å². The minimum absolute atomic E-state index is 0.0837. The number of amides is 1. The molecule has 0 bridgehead atoms. The molecule has 1 rings (SSSR count). The lowest BCUT2D eigenvalue weighted by Gasteiger charge is -2.35. The summed E-state index contributed by atoms with van der Waals surface area (Å²) in [4.78, 5) is 14.8. The third-order valence-electron chi connectivity index (χ3n) is 5.49. The average molecular weight is 396 g/mol. The van der Waals surface area contributed by atoms with E-state index in [2.05, 4.69) is 46.1 Å². The van der Waals surface area contributed by atoms with Crippen LogP contribution in [0.2, 0.25) is 18.1 Å². The van der Waals surface area contributed by atoms with Crippen LogP contribution in [0.15, 0.2) is 0 Å². The van der Waals surface area contributed by atoms with Crippen molar-refractivity contribution in [2.24, 2.45) is 5.92 Å². The van der Waals surface area contributed by atoms with Crippen molar-refractivity contribution in [2.75, 3.05) is 0 Å². The van der Waals surface area contributed by atoms with Crippen LogP contribution in [-0.4, -0.2) is 42.5 Å². The van der Waals surface area contributed by atoms with Gasteiger partial charge in [0.05, 0.1) is 6.04 Å². The van der Waals surface area contributed by atoms with Crippen LogP contribution in [0.1, 0.15) is 75.7 Å². The van der Waals surface area contributed by atoms with Crippen molar-refractivity contribution in [3.05, 3.63) is 0 Å². The number of carbonyl (C=O) groups is 1. The Hall–Kier alpha value is -0.993. The van der Waals surface area contributed by atoms with Gasteiger partial charge in [0.1, 0.15) is 25.5 Å². The molecule has 4 nitrogen and oxygen atoms in total. The van der Waals surface area contributed by atoms with E-state index in [1.54, 1.807) is 4.90 Å². The molecule has 0 saturated carbocycles. The van der Waals surface area contributed by atoms with E-state index in [1.165, 1.54) is 0 Å². The molecule has 0 spiro atoms. The third kappa shape index (κ3) is 6.25. The van der Waals surface area contributed by atoms with Crippen LogP contribution in [-0.2, 0) is 9.47 Å². The number of nitrogens with zero attached hydrogens (tertiary/aromatic N) is 1. The third-order valence-corrected chi connectivity index (χ3v) is 10.2. The average Bonchev–Trinajstić information content (AvgIpc) is 2.77. The van der Waals surface area contributed by atoms with Gasteiger partial charge in [-0.3, -0.25) is 4.90 Å². The highest BCUT2D eigenvalue weighted by Crippen LogP contribution is 2.36. The molecule has 0 unspecified atom stereocenters. The number of hydrogen-bond donors (Lipinski definition) is 0. The molecule has 1 heterocycles. The van der Waals surface area contributed by atoms with Crippen molar-refractivity contribution >= 4 is 14.2 Å². The molecule has 5 heteroatoms. The maximum Gasteiger partial charge on any atom is 0.412 e. The fourth-order valence-electron chi connectivity index (χ4n) is 3.72. The Balaban J connectivity index is 3.25. The van der Waals surface area contributed by atoms with Crippen molar-refractivity contribution in [3.63, 3.8) is 0 Å². The van der Waals surface area contributed by atoms with Gasteiger partial charge in [0, 0.05) is 0 Å².